The van der Waals surface area contributed by atoms with Crippen LogP contribution in [0.15, 0.2) is 89.3 Å². The molecule has 0 fully saturated rings. The van der Waals surface area contributed by atoms with Crippen molar-refractivity contribution < 1.29 is 27.2 Å². The number of rotatable bonds is 7. The zero-order valence-electron chi connectivity index (χ0n) is 16.4. The van der Waals surface area contributed by atoms with Gasteiger partial charge in [-0.25, -0.2) is 4.79 Å². The molecule has 0 saturated heterocycles. The first-order valence-corrected chi connectivity index (χ1v) is 10.5. The van der Waals surface area contributed by atoms with Gasteiger partial charge in [0, 0.05) is 11.6 Å². The number of hydrogen-bond donors (Lipinski definition) is 1. The van der Waals surface area contributed by atoms with E-state index in [1.54, 1.807) is 68.4 Å². The molecular weight excluding hydrogens is 404 g/mol. The van der Waals surface area contributed by atoms with Gasteiger partial charge in [-0.15, -0.1) is 0 Å². The molecule has 0 unspecified atom stereocenters. The maximum Gasteiger partial charge on any atom is 0.339 e. The number of aliphatic carboxylic acids is 1. The van der Waals surface area contributed by atoms with Gasteiger partial charge < -0.3 is 14.0 Å². The first-order chi connectivity index (χ1) is 14.3. The predicted octanol–water partition coefficient (Wildman–Crippen LogP) is 5.12. The van der Waals surface area contributed by atoms with Crippen molar-refractivity contribution >= 4 is 21.7 Å². The van der Waals surface area contributed by atoms with Crippen LogP contribution in [0.5, 0.6) is 17.2 Å². The lowest BCUT2D eigenvalue weighted by atomic mass is 10.0. The molecule has 0 bridgehead atoms. The Morgan fingerprint density at radius 1 is 0.833 bits per heavy atom. The number of carbonyl (C=O) groups is 1. The molecule has 0 spiro atoms. The van der Waals surface area contributed by atoms with E-state index in [0.29, 0.717) is 22.6 Å². The zero-order valence-corrected chi connectivity index (χ0v) is 17.2. The molecule has 154 valence electrons. The molecule has 30 heavy (non-hydrogen) atoms. The van der Waals surface area contributed by atoms with E-state index in [9.17, 15) is 18.3 Å². The molecule has 3 aromatic carbocycles. The summed E-state index contributed by atoms with van der Waals surface area (Å²) < 4.78 is 35.9. The highest BCUT2D eigenvalue weighted by molar-refractivity contribution is 7.87. The second-order valence-corrected chi connectivity index (χ2v) is 8.15. The molecule has 0 amide bonds. The molecule has 0 aliphatic carbocycles. The molecule has 6 nitrogen and oxygen atoms in total. The number of benzene rings is 3. The number of carboxylic acids is 1. The fourth-order valence-corrected chi connectivity index (χ4v) is 3.78. The lowest BCUT2D eigenvalue weighted by molar-refractivity contribution is -0.130. The lowest BCUT2D eigenvalue weighted by Gasteiger charge is -2.14. The van der Waals surface area contributed by atoms with E-state index in [0.717, 1.165) is 0 Å². The van der Waals surface area contributed by atoms with E-state index in [2.05, 4.69) is 0 Å². The van der Waals surface area contributed by atoms with Gasteiger partial charge in [-0.3, -0.25) is 0 Å². The van der Waals surface area contributed by atoms with Crippen molar-refractivity contribution in [1.82, 2.24) is 0 Å². The van der Waals surface area contributed by atoms with Crippen LogP contribution in [0.3, 0.4) is 0 Å². The zero-order chi connectivity index (χ0) is 21.7. The van der Waals surface area contributed by atoms with Gasteiger partial charge in [0.15, 0.2) is 0 Å². The summed E-state index contributed by atoms with van der Waals surface area (Å²) in [5, 5.41) is 9.57. The number of carboxylic acid groups (broad SMARTS) is 1. The highest BCUT2D eigenvalue weighted by atomic mass is 32.2. The molecule has 0 saturated carbocycles. The smallest absolute Gasteiger partial charge is 0.339 e. The lowest BCUT2D eigenvalue weighted by Crippen LogP contribution is -2.09. The first-order valence-electron chi connectivity index (χ1n) is 9.05. The van der Waals surface area contributed by atoms with Gasteiger partial charge in [-0.05, 0) is 44.2 Å². The largest absolute Gasteiger partial charge is 0.478 e. The summed E-state index contributed by atoms with van der Waals surface area (Å²) in [5.74, 6) is -0.340. The van der Waals surface area contributed by atoms with Crippen LogP contribution in [-0.2, 0) is 14.9 Å². The van der Waals surface area contributed by atoms with Gasteiger partial charge in [-0.2, -0.15) is 8.42 Å². The summed E-state index contributed by atoms with van der Waals surface area (Å²) in [5.41, 5.74) is 1.20. The van der Waals surface area contributed by atoms with Crippen LogP contribution < -0.4 is 8.92 Å². The van der Waals surface area contributed by atoms with Crippen LogP contribution in [0.2, 0.25) is 0 Å². The maximum absolute atomic E-state index is 12.4. The molecule has 0 aliphatic heterocycles. The van der Waals surface area contributed by atoms with E-state index in [1.165, 1.54) is 24.3 Å². The summed E-state index contributed by atoms with van der Waals surface area (Å²) in [7, 11) is -3.99. The molecule has 3 rings (SSSR count). The van der Waals surface area contributed by atoms with Gasteiger partial charge in [0.05, 0.1) is 5.57 Å². The van der Waals surface area contributed by atoms with Crippen LogP contribution in [0, 0.1) is 0 Å². The summed E-state index contributed by atoms with van der Waals surface area (Å²) in [6, 6.07) is 20.7. The predicted molar refractivity (Wildman–Crippen MR) is 113 cm³/mol. The van der Waals surface area contributed by atoms with Crippen LogP contribution >= 0.6 is 0 Å². The summed E-state index contributed by atoms with van der Waals surface area (Å²) in [4.78, 5) is 11.7. The Labute approximate surface area is 175 Å². The SMILES string of the molecule is CC(C)=C(C(=O)O)c1ccccc1Oc1cccc(OS(=O)(=O)c2ccccc2)c1. The van der Waals surface area contributed by atoms with Crippen molar-refractivity contribution in [2.75, 3.05) is 0 Å². The standard InChI is InChI=1S/C23H20O6S/c1-16(2)22(23(24)25)20-13-6-7-14-21(20)28-17-9-8-10-18(15-17)29-30(26,27)19-11-4-3-5-12-19/h3-15H,1-2H3,(H,24,25). The average molecular weight is 424 g/mol. The maximum atomic E-state index is 12.4. The molecule has 0 aromatic heterocycles. The number of para-hydroxylation sites is 1. The van der Waals surface area contributed by atoms with E-state index in [4.69, 9.17) is 8.92 Å². The summed E-state index contributed by atoms with van der Waals surface area (Å²) in [6.07, 6.45) is 0. The Balaban J connectivity index is 1.91. The average Bonchev–Trinajstić information content (AvgIpc) is 2.69. The third-order valence-corrected chi connectivity index (χ3v) is 5.40. The van der Waals surface area contributed by atoms with Crippen molar-refractivity contribution in [2.45, 2.75) is 18.7 Å². The van der Waals surface area contributed by atoms with Gasteiger partial charge >= 0.3 is 16.1 Å². The highest BCUT2D eigenvalue weighted by Gasteiger charge is 2.19. The van der Waals surface area contributed by atoms with Crippen LogP contribution in [0.4, 0.5) is 0 Å². The van der Waals surface area contributed by atoms with Crippen molar-refractivity contribution in [3.8, 4) is 17.2 Å². The molecular formula is C23H20O6S. The summed E-state index contributed by atoms with van der Waals surface area (Å²) in [6.45, 7) is 3.42. The van der Waals surface area contributed by atoms with Crippen molar-refractivity contribution in [3.63, 3.8) is 0 Å². The Kier molecular flexibility index (Phi) is 6.23. The molecule has 0 atom stereocenters. The van der Waals surface area contributed by atoms with E-state index >= 15 is 0 Å². The second-order valence-electron chi connectivity index (χ2n) is 6.60. The first kappa shape index (κ1) is 21.1. The minimum atomic E-state index is -3.99. The fraction of sp³-hybridized carbons (Fsp3) is 0.0870. The Morgan fingerprint density at radius 3 is 2.13 bits per heavy atom. The van der Waals surface area contributed by atoms with Crippen molar-refractivity contribution in [2.24, 2.45) is 0 Å². The van der Waals surface area contributed by atoms with E-state index in [1.807, 2.05) is 0 Å². The molecule has 0 radical (unpaired) electrons. The van der Waals surface area contributed by atoms with Gasteiger partial charge in [0.2, 0.25) is 0 Å². The molecule has 7 heteroatoms. The molecule has 3 aromatic rings. The monoisotopic (exact) mass is 424 g/mol. The van der Waals surface area contributed by atoms with E-state index < -0.39 is 16.1 Å². The Morgan fingerprint density at radius 2 is 1.47 bits per heavy atom. The van der Waals surface area contributed by atoms with Gasteiger partial charge in [-0.1, -0.05) is 48.0 Å². The fourth-order valence-electron chi connectivity index (χ4n) is 2.84. The quantitative estimate of drug-likeness (QED) is 0.418. The Bertz CT molecular complexity index is 1190. The van der Waals surface area contributed by atoms with Crippen LogP contribution in [-0.4, -0.2) is 19.5 Å². The highest BCUT2D eigenvalue weighted by Crippen LogP contribution is 2.33. The van der Waals surface area contributed by atoms with Crippen LogP contribution in [0.1, 0.15) is 19.4 Å². The molecule has 1 N–H and O–H groups in total. The minimum absolute atomic E-state index is 0.0383. The summed E-state index contributed by atoms with van der Waals surface area (Å²) >= 11 is 0. The molecule has 0 heterocycles. The van der Waals surface area contributed by atoms with Crippen LogP contribution in [0.25, 0.3) is 5.57 Å². The van der Waals surface area contributed by atoms with Crippen molar-refractivity contribution in [3.05, 3.63) is 90.0 Å². The van der Waals surface area contributed by atoms with Crippen molar-refractivity contribution in [1.29, 1.82) is 0 Å². The third-order valence-electron chi connectivity index (χ3n) is 4.14. The second kappa shape index (κ2) is 8.84. The third kappa shape index (κ3) is 4.87. The van der Waals surface area contributed by atoms with Gasteiger partial charge in [0.1, 0.15) is 22.1 Å². The Hall–Kier alpha value is -3.58. The van der Waals surface area contributed by atoms with E-state index in [-0.39, 0.29) is 16.2 Å². The van der Waals surface area contributed by atoms with Gasteiger partial charge in [0.25, 0.3) is 0 Å². The molecule has 0 aliphatic rings. The number of hydrogen-bond acceptors (Lipinski definition) is 5. The topological polar surface area (TPSA) is 89.9 Å². The number of ether oxygens (including phenoxy) is 1. The minimum Gasteiger partial charge on any atom is -0.478 e. The normalized spacial score (nSPS) is 10.9. The number of allylic oxidation sites excluding steroid dienone is 1.